The average molecular weight is 274 g/mol. The Labute approximate surface area is 120 Å². The third-order valence-corrected chi connectivity index (χ3v) is 3.41. The summed E-state index contributed by atoms with van der Waals surface area (Å²) in [6.07, 6.45) is 0. The number of benzene rings is 1. The van der Waals surface area contributed by atoms with E-state index in [4.69, 9.17) is 0 Å². The van der Waals surface area contributed by atoms with Crippen molar-refractivity contribution in [1.29, 1.82) is 0 Å². The maximum atomic E-state index is 12.2. The highest BCUT2D eigenvalue weighted by atomic mass is 16.2. The van der Waals surface area contributed by atoms with Crippen molar-refractivity contribution in [1.82, 2.24) is 15.1 Å². The van der Waals surface area contributed by atoms with Gasteiger partial charge in [-0.2, -0.15) is 0 Å². The predicted molar refractivity (Wildman–Crippen MR) is 80.5 cm³/mol. The van der Waals surface area contributed by atoms with E-state index in [-0.39, 0.29) is 5.91 Å². The Hall–Kier alpha value is -2.04. The molecular formula is C15H22N4O. The summed E-state index contributed by atoms with van der Waals surface area (Å²) in [5.41, 5.74) is 1.15. The van der Waals surface area contributed by atoms with Crippen LogP contribution in [0.3, 0.4) is 0 Å². The molecule has 1 aromatic carbocycles. The van der Waals surface area contributed by atoms with Gasteiger partial charge in [-0.15, -0.1) is 0 Å². The lowest BCUT2D eigenvalue weighted by Gasteiger charge is -2.22. The van der Waals surface area contributed by atoms with Gasteiger partial charge in [-0.05, 0) is 12.5 Å². The van der Waals surface area contributed by atoms with Gasteiger partial charge < -0.3 is 15.1 Å². The van der Waals surface area contributed by atoms with E-state index < -0.39 is 0 Å². The number of likely N-dealkylation sites (N-methyl/N-ethyl adjacent to an activating group) is 2. The van der Waals surface area contributed by atoms with Gasteiger partial charge in [0.2, 0.25) is 5.91 Å². The number of nitrogens with one attached hydrogen (secondary N) is 1. The number of amides is 1. The molecule has 108 valence electrons. The number of hydrogen-bond acceptors (Lipinski definition) is 4. The van der Waals surface area contributed by atoms with Crippen LogP contribution in [0.5, 0.6) is 0 Å². The lowest BCUT2D eigenvalue weighted by atomic mass is 10.2. The van der Waals surface area contributed by atoms with Crippen LogP contribution in [0.4, 0.5) is 0 Å². The minimum atomic E-state index is 0.0966. The van der Waals surface area contributed by atoms with E-state index in [2.05, 4.69) is 10.3 Å². The number of carbonyl (C=O) groups is 1. The van der Waals surface area contributed by atoms with Crippen LogP contribution in [0.1, 0.15) is 12.5 Å². The molecule has 0 saturated carbocycles. The van der Waals surface area contributed by atoms with Crippen LogP contribution in [0.2, 0.25) is 0 Å². The van der Waals surface area contributed by atoms with E-state index in [0.717, 1.165) is 24.6 Å². The van der Waals surface area contributed by atoms with Crippen molar-refractivity contribution in [2.75, 3.05) is 33.2 Å². The largest absolute Gasteiger partial charge is 0.347 e. The van der Waals surface area contributed by atoms with Gasteiger partial charge in [0.15, 0.2) is 5.96 Å². The zero-order chi connectivity index (χ0) is 14.4. The second-order valence-corrected chi connectivity index (χ2v) is 4.87. The third kappa shape index (κ3) is 3.73. The first kappa shape index (κ1) is 14.4. The van der Waals surface area contributed by atoms with Gasteiger partial charge in [-0.1, -0.05) is 30.3 Å². The number of guanidine groups is 1. The van der Waals surface area contributed by atoms with Gasteiger partial charge in [0.05, 0.1) is 13.1 Å². The van der Waals surface area contributed by atoms with Gasteiger partial charge in [-0.3, -0.25) is 9.79 Å². The fourth-order valence-electron chi connectivity index (χ4n) is 2.17. The van der Waals surface area contributed by atoms with Gasteiger partial charge in [0.1, 0.15) is 0 Å². The lowest BCUT2D eigenvalue weighted by molar-refractivity contribution is -0.130. The summed E-state index contributed by atoms with van der Waals surface area (Å²) >= 11 is 0. The predicted octanol–water partition coefficient (Wildman–Crippen LogP) is 0.926. The van der Waals surface area contributed by atoms with Crippen molar-refractivity contribution in [3.05, 3.63) is 35.9 Å². The Morgan fingerprint density at radius 2 is 2.15 bits per heavy atom. The van der Waals surface area contributed by atoms with Gasteiger partial charge in [0.25, 0.3) is 0 Å². The van der Waals surface area contributed by atoms with Crippen LogP contribution >= 0.6 is 0 Å². The van der Waals surface area contributed by atoms with Crippen LogP contribution in [0.25, 0.3) is 0 Å². The minimum Gasteiger partial charge on any atom is -0.347 e. The monoisotopic (exact) mass is 274 g/mol. The molecule has 0 atom stereocenters. The molecule has 2 rings (SSSR count). The molecule has 5 heteroatoms. The topological polar surface area (TPSA) is 47.9 Å². The van der Waals surface area contributed by atoms with Crippen molar-refractivity contribution in [3.8, 4) is 0 Å². The second kappa shape index (κ2) is 6.93. The Morgan fingerprint density at radius 3 is 2.75 bits per heavy atom. The summed E-state index contributed by atoms with van der Waals surface area (Å²) in [7, 11) is 1.98. The molecule has 0 radical (unpaired) electrons. The maximum absolute atomic E-state index is 12.2. The van der Waals surface area contributed by atoms with E-state index in [1.807, 2.05) is 54.1 Å². The molecular weight excluding hydrogens is 252 g/mol. The number of carbonyl (C=O) groups excluding carboxylic acids is 1. The lowest BCUT2D eigenvalue weighted by Crippen LogP contribution is -2.43. The molecule has 5 nitrogen and oxygen atoms in total. The normalized spacial score (nSPS) is 14.1. The number of rotatable bonds is 5. The molecule has 1 amide bonds. The molecule has 1 aromatic rings. The number of aliphatic imine (C=N–C) groups is 1. The van der Waals surface area contributed by atoms with Crippen LogP contribution in [0.15, 0.2) is 35.3 Å². The average Bonchev–Trinajstić information content (AvgIpc) is 2.88. The summed E-state index contributed by atoms with van der Waals surface area (Å²) < 4.78 is 0. The zero-order valence-electron chi connectivity index (χ0n) is 12.2. The van der Waals surface area contributed by atoms with E-state index in [1.165, 1.54) is 0 Å². The van der Waals surface area contributed by atoms with Crippen molar-refractivity contribution in [3.63, 3.8) is 0 Å². The quantitative estimate of drug-likeness (QED) is 0.869. The van der Waals surface area contributed by atoms with Gasteiger partial charge >= 0.3 is 0 Å². The van der Waals surface area contributed by atoms with Crippen LogP contribution in [0, 0.1) is 0 Å². The summed E-state index contributed by atoms with van der Waals surface area (Å²) in [6, 6.07) is 10.1. The number of hydrogen-bond donors (Lipinski definition) is 1. The highest BCUT2D eigenvalue weighted by molar-refractivity contribution is 5.87. The molecule has 1 heterocycles. The molecule has 0 saturated heterocycles. The molecule has 0 bridgehead atoms. The molecule has 0 unspecified atom stereocenters. The first-order valence-corrected chi connectivity index (χ1v) is 7.02. The second-order valence-electron chi connectivity index (χ2n) is 4.87. The Morgan fingerprint density at radius 1 is 1.40 bits per heavy atom. The highest BCUT2D eigenvalue weighted by Crippen LogP contribution is 2.04. The Kier molecular flexibility index (Phi) is 4.98. The van der Waals surface area contributed by atoms with Crippen molar-refractivity contribution < 1.29 is 4.79 Å². The SMILES string of the molecule is CCN(Cc1ccccc1)C(=O)CNC1=NCCN1C. The van der Waals surface area contributed by atoms with Gasteiger partial charge in [-0.25, -0.2) is 0 Å². The maximum Gasteiger partial charge on any atom is 0.242 e. The molecule has 1 aliphatic heterocycles. The molecule has 0 aliphatic carbocycles. The minimum absolute atomic E-state index is 0.0966. The van der Waals surface area contributed by atoms with Gasteiger partial charge in [0, 0.05) is 26.7 Å². The zero-order valence-corrected chi connectivity index (χ0v) is 12.2. The Bertz CT molecular complexity index is 472. The fourth-order valence-corrected chi connectivity index (χ4v) is 2.17. The van der Waals surface area contributed by atoms with Crippen molar-refractivity contribution >= 4 is 11.9 Å². The molecule has 20 heavy (non-hydrogen) atoms. The van der Waals surface area contributed by atoms with E-state index in [9.17, 15) is 4.79 Å². The number of nitrogens with zero attached hydrogens (tertiary/aromatic N) is 3. The first-order valence-electron chi connectivity index (χ1n) is 7.02. The molecule has 0 spiro atoms. The Balaban J connectivity index is 1.86. The van der Waals surface area contributed by atoms with Crippen molar-refractivity contribution in [2.24, 2.45) is 4.99 Å². The summed E-state index contributed by atoms with van der Waals surface area (Å²) in [6.45, 7) is 5.37. The fraction of sp³-hybridized carbons (Fsp3) is 0.467. The molecule has 1 aliphatic rings. The van der Waals surface area contributed by atoms with E-state index in [0.29, 0.717) is 19.6 Å². The smallest absolute Gasteiger partial charge is 0.242 e. The van der Waals surface area contributed by atoms with Crippen LogP contribution in [-0.2, 0) is 11.3 Å². The standard InChI is InChI=1S/C15H22N4O/c1-3-19(12-13-7-5-4-6-8-13)14(20)11-17-15-16-9-10-18(15)2/h4-8H,3,9-12H2,1-2H3,(H,16,17). The van der Waals surface area contributed by atoms with Crippen molar-refractivity contribution in [2.45, 2.75) is 13.5 Å². The van der Waals surface area contributed by atoms with Crippen LogP contribution in [-0.4, -0.2) is 54.9 Å². The first-order chi connectivity index (χ1) is 9.70. The summed E-state index contributed by atoms with van der Waals surface area (Å²) in [5, 5.41) is 3.12. The summed E-state index contributed by atoms with van der Waals surface area (Å²) in [5.74, 6) is 0.911. The molecule has 1 N–H and O–H groups in total. The van der Waals surface area contributed by atoms with Crippen LogP contribution < -0.4 is 5.32 Å². The molecule has 0 fully saturated rings. The van der Waals surface area contributed by atoms with E-state index in [1.54, 1.807) is 0 Å². The summed E-state index contributed by atoms with van der Waals surface area (Å²) in [4.78, 5) is 20.4. The highest BCUT2D eigenvalue weighted by Gasteiger charge is 2.16. The van der Waals surface area contributed by atoms with E-state index >= 15 is 0 Å². The molecule has 0 aromatic heterocycles. The third-order valence-electron chi connectivity index (χ3n) is 3.41.